The molecule has 26 heavy (non-hydrogen) atoms. The number of likely N-dealkylation sites (N-methyl/N-ethyl adjacent to an activating group) is 1. The van der Waals surface area contributed by atoms with Gasteiger partial charge in [0.1, 0.15) is 5.82 Å². The predicted molar refractivity (Wildman–Crippen MR) is 100 cm³/mol. The average molecular weight is 362 g/mol. The Morgan fingerprint density at radius 3 is 2.81 bits per heavy atom. The molecule has 1 aromatic carbocycles. The molecular formula is C21H31FN2O2. The van der Waals surface area contributed by atoms with E-state index in [1.165, 1.54) is 37.8 Å². The fraction of sp³-hybridized carbons (Fsp3) is 0.667. The molecule has 1 aromatic rings. The molecule has 1 amide bonds. The second-order valence-electron chi connectivity index (χ2n) is 7.89. The first-order valence-corrected chi connectivity index (χ1v) is 9.83. The van der Waals surface area contributed by atoms with Crippen molar-refractivity contribution >= 4 is 5.91 Å². The van der Waals surface area contributed by atoms with Crippen LogP contribution in [0.1, 0.15) is 51.5 Å². The number of hydrogen-bond donors (Lipinski definition) is 1. The molecule has 2 aliphatic rings. The maximum atomic E-state index is 13.3. The van der Waals surface area contributed by atoms with Crippen LogP contribution in [-0.2, 0) is 16.1 Å². The first-order chi connectivity index (χ1) is 12.5. The molecule has 0 saturated heterocycles. The maximum absolute atomic E-state index is 13.3. The largest absolute Gasteiger partial charge is 0.378 e. The van der Waals surface area contributed by atoms with Gasteiger partial charge in [0.25, 0.3) is 0 Å². The van der Waals surface area contributed by atoms with Gasteiger partial charge in [0.15, 0.2) is 0 Å². The number of halogens is 1. The Labute approximate surface area is 156 Å². The SMILES string of the molecule is CCO[C@@H]1C[C@@H](N[C@@H](C)C(=O)N(C)Cc2cccc(F)c2)C12CCCC2. The van der Waals surface area contributed by atoms with Crippen LogP contribution in [0.5, 0.6) is 0 Å². The number of benzene rings is 1. The lowest BCUT2D eigenvalue weighted by atomic mass is 9.60. The summed E-state index contributed by atoms with van der Waals surface area (Å²) in [6.07, 6.45) is 6.21. The molecule has 0 radical (unpaired) electrons. The van der Waals surface area contributed by atoms with Crippen molar-refractivity contribution in [3.05, 3.63) is 35.6 Å². The summed E-state index contributed by atoms with van der Waals surface area (Å²) in [4.78, 5) is 14.4. The van der Waals surface area contributed by atoms with E-state index in [0.29, 0.717) is 18.7 Å². The van der Waals surface area contributed by atoms with Crippen LogP contribution in [0.25, 0.3) is 0 Å². The molecule has 0 bridgehead atoms. The van der Waals surface area contributed by atoms with Gasteiger partial charge in [-0.05, 0) is 50.8 Å². The minimum atomic E-state index is -0.269. The Bertz CT molecular complexity index is 630. The highest BCUT2D eigenvalue weighted by Crippen LogP contribution is 2.54. The Morgan fingerprint density at radius 2 is 2.15 bits per heavy atom. The van der Waals surface area contributed by atoms with Crippen LogP contribution in [0.15, 0.2) is 24.3 Å². The van der Waals surface area contributed by atoms with Gasteiger partial charge in [0, 0.05) is 31.7 Å². The van der Waals surface area contributed by atoms with E-state index in [4.69, 9.17) is 4.74 Å². The van der Waals surface area contributed by atoms with E-state index in [1.807, 2.05) is 13.0 Å². The highest BCUT2D eigenvalue weighted by atomic mass is 19.1. The number of nitrogens with one attached hydrogen (secondary N) is 1. The number of hydrogen-bond acceptors (Lipinski definition) is 3. The zero-order valence-corrected chi connectivity index (χ0v) is 16.1. The summed E-state index contributed by atoms with van der Waals surface area (Å²) in [7, 11) is 1.78. The zero-order valence-electron chi connectivity index (χ0n) is 16.1. The third-order valence-corrected chi connectivity index (χ3v) is 6.19. The van der Waals surface area contributed by atoms with E-state index in [9.17, 15) is 9.18 Å². The Kier molecular flexibility index (Phi) is 5.98. The quantitative estimate of drug-likeness (QED) is 0.807. The van der Waals surface area contributed by atoms with Gasteiger partial charge in [0.05, 0.1) is 12.1 Å². The first-order valence-electron chi connectivity index (χ1n) is 9.83. The lowest BCUT2D eigenvalue weighted by Crippen LogP contribution is -2.65. The van der Waals surface area contributed by atoms with E-state index in [2.05, 4.69) is 12.2 Å². The summed E-state index contributed by atoms with van der Waals surface area (Å²) in [5.41, 5.74) is 1.02. The van der Waals surface area contributed by atoms with Crippen molar-refractivity contribution in [2.45, 2.75) is 70.7 Å². The summed E-state index contributed by atoms with van der Waals surface area (Å²) in [5, 5.41) is 3.57. The number of rotatable bonds is 7. The third-order valence-electron chi connectivity index (χ3n) is 6.19. The minimum Gasteiger partial charge on any atom is -0.378 e. The van der Waals surface area contributed by atoms with Crippen molar-refractivity contribution in [2.24, 2.45) is 5.41 Å². The van der Waals surface area contributed by atoms with Gasteiger partial charge >= 0.3 is 0 Å². The summed E-state index contributed by atoms with van der Waals surface area (Å²) < 4.78 is 19.3. The van der Waals surface area contributed by atoms with Crippen molar-refractivity contribution < 1.29 is 13.9 Å². The zero-order chi connectivity index (χ0) is 18.7. The van der Waals surface area contributed by atoms with Crippen LogP contribution in [-0.4, -0.2) is 42.6 Å². The van der Waals surface area contributed by atoms with Gasteiger partial charge in [0.2, 0.25) is 5.91 Å². The number of amides is 1. The molecule has 144 valence electrons. The number of carbonyl (C=O) groups is 1. The lowest BCUT2D eigenvalue weighted by Gasteiger charge is -2.55. The molecule has 3 atom stereocenters. The number of nitrogens with zero attached hydrogens (tertiary/aromatic N) is 1. The van der Waals surface area contributed by atoms with E-state index in [-0.39, 0.29) is 23.2 Å². The monoisotopic (exact) mass is 362 g/mol. The molecule has 0 aliphatic heterocycles. The maximum Gasteiger partial charge on any atom is 0.239 e. The number of carbonyl (C=O) groups excluding carboxylic acids is 1. The smallest absolute Gasteiger partial charge is 0.239 e. The van der Waals surface area contributed by atoms with Crippen molar-refractivity contribution in [3.8, 4) is 0 Å². The topological polar surface area (TPSA) is 41.6 Å². The lowest BCUT2D eigenvalue weighted by molar-refractivity contribution is -0.143. The first kappa shape index (κ1) is 19.3. The van der Waals surface area contributed by atoms with Crippen LogP contribution < -0.4 is 5.32 Å². The fourth-order valence-corrected chi connectivity index (χ4v) is 4.81. The predicted octanol–water partition coefficient (Wildman–Crippen LogP) is 3.50. The van der Waals surface area contributed by atoms with Gasteiger partial charge in [-0.3, -0.25) is 4.79 Å². The van der Waals surface area contributed by atoms with E-state index in [1.54, 1.807) is 18.0 Å². The number of ether oxygens (including phenoxy) is 1. The normalized spacial score (nSPS) is 25.1. The summed E-state index contributed by atoms with van der Waals surface area (Å²) in [5.74, 6) is -0.226. The van der Waals surface area contributed by atoms with E-state index in [0.717, 1.165) is 18.6 Å². The van der Waals surface area contributed by atoms with Gasteiger partial charge in [-0.15, -0.1) is 0 Å². The van der Waals surface area contributed by atoms with E-state index >= 15 is 0 Å². The van der Waals surface area contributed by atoms with Crippen molar-refractivity contribution in [1.29, 1.82) is 0 Å². The molecule has 4 nitrogen and oxygen atoms in total. The highest BCUT2D eigenvalue weighted by Gasteiger charge is 2.56. The van der Waals surface area contributed by atoms with Crippen LogP contribution in [0.3, 0.4) is 0 Å². The molecule has 2 fully saturated rings. The Morgan fingerprint density at radius 1 is 1.42 bits per heavy atom. The van der Waals surface area contributed by atoms with Gasteiger partial charge in [-0.1, -0.05) is 25.0 Å². The molecule has 5 heteroatoms. The molecule has 0 heterocycles. The molecule has 1 spiro atoms. The third kappa shape index (κ3) is 3.79. The summed E-state index contributed by atoms with van der Waals surface area (Å²) >= 11 is 0. The Balaban J connectivity index is 1.57. The van der Waals surface area contributed by atoms with Crippen molar-refractivity contribution in [3.63, 3.8) is 0 Å². The summed E-state index contributed by atoms with van der Waals surface area (Å²) in [6.45, 7) is 5.15. The molecule has 3 rings (SSSR count). The van der Waals surface area contributed by atoms with Crippen molar-refractivity contribution in [1.82, 2.24) is 10.2 Å². The summed E-state index contributed by atoms with van der Waals surface area (Å²) in [6, 6.07) is 6.52. The second kappa shape index (κ2) is 8.05. The molecular weight excluding hydrogens is 331 g/mol. The Hall–Kier alpha value is -1.46. The van der Waals surface area contributed by atoms with Crippen molar-refractivity contribution in [2.75, 3.05) is 13.7 Å². The van der Waals surface area contributed by atoms with Crippen LogP contribution in [0.2, 0.25) is 0 Å². The second-order valence-corrected chi connectivity index (χ2v) is 7.89. The molecule has 2 aliphatic carbocycles. The fourth-order valence-electron chi connectivity index (χ4n) is 4.81. The highest BCUT2D eigenvalue weighted by molar-refractivity contribution is 5.81. The van der Waals surface area contributed by atoms with E-state index < -0.39 is 0 Å². The molecule has 0 aromatic heterocycles. The van der Waals surface area contributed by atoms with Gasteiger partial charge in [-0.25, -0.2) is 4.39 Å². The van der Waals surface area contributed by atoms with Gasteiger partial charge in [-0.2, -0.15) is 0 Å². The molecule has 1 N–H and O–H groups in total. The standard InChI is InChI=1S/C21H31FN2O2/c1-4-26-19-13-18(21(19)10-5-6-11-21)23-15(2)20(25)24(3)14-16-8-7-9-17(22)12-16/h7-9,12,15,18-19,23H,4-6,10-11,13-14H2,1-3H3/t15-,18+,19+/m0/s1. The van der Waals surface area contributed by atoms with Gasteiger partial charge < -0.3 is 15.0 Å². The molecule has 2 saturated carbocycles. The van der Waals surface area contributed by atoms with Crippen LogP contribution in [0, 0.1) is 11.2 Å². The average Bonchev–Trinajstić information content (AvgIpc) is 3.13. The molecule has 0 unspecified atom stereocenters. The van der Waals surface area contributed by atoms with Crippen LogP contribution >= 0.6 is 0 Å². The van der Waals surface area contributed by atoms with Crippen LogP contribution in [0.4, 0.5) is 4.39 Å². The minimum absolute atomic E-state index is 0.0438.